The number of halogens is 1. The zero-order chi connectivity index (χ0) is 13.0. The quantitative estimate of drug-likeness (QED) is 0.369. The van der Waals surface area contributed by atoms with Gasteiger partial charge in [0, 0.05) is 10.6 Å². The Balaban J connectivity index is 2.09. The Morgan fingerprint density at radius 1 is 0.889 bits per heavy atom. The van der Waals surface area contributed by atoms with Crippen LogP contribution < -0.4 is 4.74 Å². The Kier molecular flexibility index (Phi) is 3.75. The smallest absolute Gasteiger partial charge is 0.385 e. The van der Waals surface area contributed by atoms with Crippen LogP contribution >= 0.6 is 11.6 Å². The normalized spacial score (nSPS) is 9.83. The molecular formula is C14H9ClO3. The van der Waals surface area contributed by atoms with Crippen LogP contribution in [0.15, 0.2) is 54.6 Å². The van der Waals surface area contributed by atoms with Gasteiger partial charge < -0.3 is 4.74 Å². The van der Waals surface area contributed by atoms with Crippen molar-refractivity contribution in [1.82, 2.24) is 0 Å². The van der Waals surface area contributed by atoms with E-state index in [-0.39, 0.29) is 5.75 Å². The summed E-state index contributed by atoms with van der Waals surface area (Å²) in [4.78, 5) is 23.3. The third-order valence-corrected chi connectivity index (χ3v) is 2.50. The number of benzene rings is 2. The molecule has 0 bridgehead atoms. The Morgan fingerprint density at radius 3 is 2.11 bits per heavy atom. The molecule has 4 heteroatoms. The molecule has 0 aromatic heterocycles. The Bertz CT molecular complexity index is 561. The average molecular weight is 261 g/mol. The molecule has 0 radical (unpaired) electrons. The molecule has 0 amide bonds. The first kappa shape index (κ1) is 12.3. The number of hydrogen-bond donors (Lipinski definition) is 0. The van der Waals surface area contributed by atoms with Gasteiger partial charge in [0.1, 0.15) is 5.75 Å². The van der Waals surface area contributed by atoms with E-state index in [1.807, 2.05) is 0 Å². The molecule has 0 spiro atoms. The molecule has 0 unspecified atom stereocenters. The molecule has 0 N–H and O–H groups in total. The van der Waals surface area contributed by atoms with Crippen molar-refractivity contribution in [3.05, 3.63) is 65.2 Å². The van der Waals surface area contributed by atoms with E-state index >= 15 is 0 Å². The van der Waals surface area contributed by atoms with Gasteiger partial charge in [-0.1, -0.05) is 41.9 Å². The van der Waals surface area contributed by atoms with Crippen LogP contribution in [0.5, 0.6) is 5.75 Å². The summed E-state index contributed by atoms with van der Waals surface area (Å²) in [7, 11) is 0. The molecule has 0 saturated heterocycles. The second kappa shape index (κ2) is 5.47. The molecular weight excluding hydrogens is 252 g/mol. The lowest BCUT2D eigenvalue weighted by atomic mass is 10.1. The molecule has 0 fully saturated rings. The fourth-order valence-electron chi connectivity index (χ4n) is 1.36. The van der Waals surface area contributed by atoms with E-state index in [0.717, 1.165) is 0 Å². The van der Waals surface area contributed by atoms with Crippen LogP contribution in [-0.2, 0) is 4.79 Å². The van der Waals surface area contributed by atoms with Gasteiger partial charge in [-0.25, -0.2) is 4.79 Å². The zero-order valence-corrected chi connectivity index (χ0v) is 10.1. The maximum atomic E-state index is 11.7. The molecule has 0 aliphatic rings. The predicted molar refractivity (Wildman–Crippen MR) is 67.9 cm³/mol. The van der Waals surface area contributed by atoms with E-state index in [9.17, 15) is 9.59 Å². The summed E-state index contributed by atoms with van der Waals surface area (Å²) in [5, 5.41) is 0.532. The van der Waals surface area contributed by atoms with Crippen LogP contribution in [0.1, 0.15) is 10.4 Å². The minimum absolute atomic E-state index is 0.286. The minimum atomic E-state index is -0.913. The van der Waals surface area contributed by atoms with Gasteiger partial charge in [0.05, 0.1) is 0 Å². The van der Waals surface area contributed by atoms with Gasteiger partial charge in [-0.3, -0.25) is 4.79 Å². The zero-order valence-electron chi connectivity index (χ0n) is 9.30. The number of Topliss-reactive ketones (excluding diaryl/α,β-unsaturated/α-hetero) is 1. The van der Waals surface area contributed by atoms with Crippen LogP contribution in [0.4, 0.5) is 0 Å². The molecule has 0 heterocycles. The summed E-state index contributed by atoms with van der Waals surface area (Å²) in [5.41, 5.74) is 0.302. The minimum Gasteiger partial charge on any atom is -0.421 e. The van der Waals surface area contributed by atoms with Gasteiger partial charge in [0.25, 0.3) is 5.78 Å². The molecule has 0 aliphatic heterocycles. The first-order valence-corrected chi connectivity index (χ1v) is 5.62. The summed E-state index contributed by atoms with van der Waals surface area (Å²) in [6, 6.07) is 14.5. The average Bonchev–Trinajstić information content (AvgIpc) is 2.41. The van der Waals surface area contributed by atoms with Crippen molar-refractivity contribution in [3.8, 4) is 5.75 Å². The fourth-order valence-corrected chi connectivity index (χ4v) is 1.49. The highest BCUT2D eigenvalue weighted by atomic mass is 35.5. The Morgan fingerprint density at radius 2 is 1.50 bits per heavy atom. The number of esters is 1. The lowest BCUT2D eigenvalue weighted by molar-refractivity contribution is -0.129. The maximum absolute atomic E-state index is 11.7. The third kappa shape index (κ3) is 2.96. The predicted octanol–water partition coefficient (Wildman–Crippen LogP) is 3.13. The molecule has 2 rings (SSSR count). The van der Waals surface area contributed by atoms with Gasteiger partial charge in [-0.15, -0.1) is 0 Å². The maximum Gasteiger partial charge on any atom is 0.385 e. The summed E-state index contributed by atoms with van der Waals surface area (Å²) >= 11 is 5.70. The highest BCUT2D eigenvalue weighted by Crippen LogP contribution is 2.16. The Labute approximate surface area is 109 Å². The summed E-state index contributed by atoms with van der Waals surface area (Å²) in [5.74, 6) is -1.30. The molecule has 2 aromatic rings. The van der Waals surface area contributed by atoms with Gasteiger partial charge in [0.15, 0.2) is 0 Å². The Hall–Kier alpha value is -2.13. The second-order valence-electron chi connectivity index (χ2n) is 3.54. The number of hydrogen-bond acceptors (Lipinski definition) is 3. The number of carbonyl (C=O) groups is 2. The van der Waals surface area contributed by atoms with Gasteiger partial charge >= 0.3 is 5.97 Å². The molecule has 0 saturated carbocycles. The second-order valence-corrected chi connectivity index (χ2v) is 3.98. The molecule has 3 nitrogen and oxygen atoms in total. The van der Waals surface area contributed by atoms with E-state index in [1.54, 1.807) is 42.5 Å². The largest absolute Gasteiger partial charge is 0.421 e. The first-order valence-electron chi connectivity index (χ1n) is 5.24. The highest BCUT2D eigenvalue weighted by molar-refractivity contribution is 6.41. The van der Waals surface area contributed by atoms with Crippen LogP contribution in [0.3, 0.4) is 0 Å². The monoisotopic (exact) mass is 260 g/mol. The van der Waals surface area contributed by atoms with E-state index in [0.29, 0.717) is 10.6 Å². The van der Waals surface area contributed by atoms with Crippen molar-refractivity contribution in [1.29, 1.82) is 0 Å². The standard InChI is InChI=1S/C14H9ClO3/c15-11-6-8-12(9-7-11)18-14(17)13(16)10-4-2-1-3-5-10/h1-9H. The van der Waals surface area contributed by atoms with Crippen molar-refractivity contribution < 1.29 is 14.3 Å². The van der Waals surface area contributed by atoms with E-state index in [4.69, 9.17) is 16.3 Å². The molecule has 90 valence electrons. The topological polar surface area (TPSA) is 43.4 Å². The van der Waals surface area contributed by atoms with Crippen LogP contribution in [0.2, 0.25) is 5.02 Å². The third-order valence-electron chi connectivity index (χ3n) is 2.25. The number of ether oxygens (including phenoxy) is 1. The number of rotatable bonds is 3. The van der Waals surface area contributed by atoms with Crippen molar-refractivity contribution >= 4 is 23.4 Å². The molecule has 0 aliphatic carbocycles. The number of carbonyl (C=O) groups excluding carboxylic acids is 2. The van der Waals surface area contributed by atoms with Crippen LogP contribution in [0, 0.1) is 0 Å². The van der Waals surface area contributed by atoms with E-state index in [2.05, 4.69) is 0 Å². The highest BCUT2D eigenvalue weighted by Gasteiger charge is 2.18. The van der Waals surface area contributed by atoms with E-state index < -0.39 is 11.8 Å². The molecule has 0 atom stereocenters. The van der Waals surface area contributed by atoms with E-state index in [1.165, 1.54) is 12.1 Å². The lowest BCUT2D eigenvalue weighted by Gasteiger charge is -2.03. The van der Waals surface area contributed by atoms with Gasteiger partial charge in [0.2, 0.25) is 0 Å². The summed E-state index contributed by atoms with van der Waals surface area (Å²) in [6.45, 7) is 0. The summed E-state index contributed by atoms with van der Waals surface area (Å²) in [6.07, 6.45) is 0. The summed E-state index contributed by atoms with van der Waals surface area (Å²) < 4.78 is 4.94. The van der Waals surface area contributed by atoms with Crippen molar-refractivity contribution in [2.75, 3.05) is 0 Å². The molecule has 2 aromatic carbocycles. The van der Waals surface area contributed by atoms with Crippen molar-refractivity contribution in [2.45, 2.75) is 0 Å². The molecule has 18 heavy (non-hydrogen) atoms. The van der Waals surface area contributed by atoms with Crippen LogP contribution in [0.25, 0.3) is 0 Å². The van der Waals surface area contributed by atoms with Crippen molar-refractivity contribution in [3.63, 3.8) is 0 Å². The number of ketones is 1. The first-order chi connectivity index (χ1) is 8.66. The lowest BCUT2D eigenvalue weighted by Crippen LogP contribution is -2.20. The van der Waals surface area contributed by atoms with Gasteiger partial charge in [-0.2, -0.15) is 0 Å². The van der Waals surface area contributed by atoms with Crippen LogP contribution in [-0.4, -0.2) is 11.8 Å². The van der Waals surface area contributed by atoms with Gasteiger partial charge in [-0.05, 0) is 24.3 Å². The van der Waals surface area contributed by atoms with Crippen molar-refractivity contribution in [2.24, 2.45) is 0 Å². The SMILES string of the molecule is O=C(Oc1ccc(Cl)cc1)C(=O)c1ccccc1. The fraction of sp³-hybridized carbons (Fsp3) is 0.